The first-order valence-electron chi connectivity index (χ1n) is 4.65. The molecule has 1 amide bonds. The Morgan fingerprint density at radius 1 is 1.11 bits per heavy atom. The molecule has 0 aliphatic carbocycles. The number of quaternary nitrogens is 1. The van der Waals surface area contributed by atoms with Gasteiger partial charge in [0.1, 0.15) is 30.7 Å². The van der Waals surface area contributed by atoms with Crippen molar-refractivity contribution in [1.29, 1.82) is 0 Å². The molecule has 0 radical (unpaired) electrons. The Morgan fingerprint density at radius 3 is 1.63 bits per heavy atom. The van der Waals surface area contributed by atoms with Crippen LogP contribution in [0.4, 0.5) is 0 Å². The van der Waals surface area contributed by atoms with Gasteiger partial charge in [-0.1, -0.05) is 0 Å². The topological polar surface area (TPSA) is 157 Å². The molecule has 0 fully saturated rings. The van der Waals surface area contributed by atoms with Gasteiger partial charge in [-0.05, 0) is 0 Å². The Morgan fingerprint density at radius 2 is 1.47 bits per heavy atom. The molecule has 0 spiro atoms. The van der Waals surface area contributed by atoms with Crippen molar-refractivity contribution in [3.05, 3.63) is 0 Å². The normalized spacial score (nSPS) is 16.3. The van der Waals surface area contributed by atoms with Gasteiger partial charge in [0.25, 0.3) is 0 Å². The van der Waals surface area contributed by atoms with Gasteiger partial charge in [0.05, 0.1) is 27.7 Å². The van der Waals surface area contributed by atoms with Crippen LogP contribution in [0.5, 0.6) is 0 Å². The molecule has 2 N–H and O–H groups in total. The van der Waals surface area contributed by atoms with Gasteiger partial charge in [-0.25, -0.2) is 16.8 Å². The predicted octanol–water partition coefficient (Wildman–Crippen LogP) is -5.99. The predicted molar refractivity (Wildman–Crippen MR) is 59.1 cm³/mol. The zero-order valence-electron chi connectivity index (χ0n) is 11.1. The van der Waals surface area contributed by atoms with Crippen molar-refractivity contribution in [1.82, 2.24) is 0 Å². The fraction of sp³-hybridized carbons (Fsp3) is 0.857. The molecule has 0 aliphatic rings. The zero-order valence-corrected chi connectivity index (χ0v) is 14.7. The molecule has 0 saturated heterocycles. The van der Waals surface area contributed by atoms with Crippen molar-refractivity contribution in [3.63, 3.8) is 0 Å². The molecule has 2 atom stereocenters. The summed E-state index contributed by atoms with van der Waals surface area (Å²) in [5.41, 5.74) is 4.71. The molecule has 19 heavy (non-hydrogen) atoms. The molecule has 0 aromatic carbocycles. The third-order valence-corrected chi connectivity index (χ3v) is 4.55. The smallest absolute Gasteiger partial charge is 0.748 e. The first kappa shape index (κ1) is 21.5. The number of primary amides is 1. The van der Waals surface area contributed by atoms with Crippen LogP contribution >= 0.6 is 0 Å². The summed E-state index contributed by atoms with van der Waals surface area (Å²) < 4.78 is 65.6. The summed E-state index contributed by atoms with van der Waals surface area (Å²) in [5.74, 6) is -1.65. The number of hydrogen-bond donors (Lipinski definition) is 1. The quantitative estimate of drug-likeness (QED) is 0.289. The van der Waals surface area contributed by atoms with Gasteiger partial charge in [-0.15, -0.1) is 0 Å². The minimum atomic E-state index is -5.33. The van der Waals surface area contributed by atoms with Gasteiger partial charge in [-0.2, -0.15) is 0 Å². The van der Waals surface area contributed by atoms with Crippen molar-refractivity contribution in [2.45, 2.75) is 10.5 Å². The van der Waals surface area contributed by atoms with Crippen molar-refractivity contribution >= 4 is 26.1 Å². The first-order valence-corrected chi connectivity index (χ1v) is 7.60. The molecule has 0 rings (SSSR count). The molecular weight excluding hydrogens is 311 g/mol. The minimum Gasteiger partial charge on any atom is -0.748 e. The number of nitrogens with two attached hydrogens (primary N) is 1. The van der Waals surface area contributed by atoms with Crippen molar-refractivity contribution in [2.24, 2.45) is 5.73 Å². The van der Waals surface area contributed by atoms with E-state index in [1.54, 1.807) is 0 Å². The number of amides is 1. The summed E-state index contributed by atoms with van der Waals surface area (Å²) in [6, 6.07) is 0. The van der Waals surface area contributed by atoms with Gasteiger partial charge >= 0.3 is 29.6 Å². The molecule has 12 heteroatoms. The number of carbonyl (C=O) groups is 1. The maximum atomic E-state index is 11.0. The third-order valence-electron chi connectivity index (χ3n) is 2.03. The monoisotopic (exact) mass is 326 g/mol. The Balaban J connectivity index is 0. The Kier molecular flexibility index (Phi) is 7.72. The fourth-order valence-electron chi connectivity index (χ4n) is 1.39. The van der Waals surface area contributed by atoms with E-state index in [4.69, 9.17) is 5.73 Å². The molecule has 0 aliphatic heterocycles. The molecule has 0 saturated carbocycles. The van der Waals surface area contributed by atoms with E-state index in [-0.39, 0.29) is 34.0 Å². The van der Waals surface area contributed by atoms with E-state index in [1.807, 2.05) is 0 Å². The number of nitrogens with zero attached hydrogens (tertiary/aromatic N) is 1. The van der Waals surface area contributed by atoms with Crippen LogP contribution in [0.1, 0.15) is 0 Å². The van der Waals surface area contributed by atoms with Crippen LogP contribution in [0.2, 0.25) is 0 Å². The first-order chi connectivity index (χ1) is 7.66. The Labute approximate surface area is 134 Å². The van der Waals surface area contributed by atoms with E-state index in [0.717, 1.165) is 0 Å². The summed E-state index contributed by atoms with van der Waals surface area (Å²) in [7, 11) is -6.11. The van der Waals surface area contributed by atoms with Crippen LogP contribution in [0, 0.1) is 0 Å². The molecular formula is C7H15N2NaO7S2. The van der Waals surface area contributed by atoms with Crippen LogP contribution in [0.3, 0.4) is 0 Å². The van der Waals surface area contributed by atoms with Gasteiger partial charge in [-0.3, -0.25) is 4.79 Å². The molecule has 0 aromatic rings. The maximum Gasteiger partial charge on any atom is 1.00 e. The average Bonchev–Trinajstić information content (AvgIpc) is 1.94. The zero-order chi connectivity index (χ0) is 14.9. The van der Waals surface area contributed by atoms with Gasteiger partial charge in [0.2, 0.25) is 5.91 Å². The average molecular weight is 326 g/mol. The second-order valence-electron chi connectivity index (χ2n) is 4.82. The molecule has 0 bridgehead atoms. The van der Waals surface area contributed by atoms with Crippen LogP contribution in [0.25, 0.3) is 0 Å². The summed E-state index contributed by atoms with van der Waals surface area (Å²) in [6.45, 7) is -0.527. The standard InChI is InChI=1S/C7H16N2O7S2.Na/c1-9(2,3)4-5(17(11,12)13)6(7(8)10)18(14,15)16;/h5-6H,4H2,1-3H3,(H3-,8,10,11,12,13,14,15,16);/q;+1/p-1. The largest absolute Gasteiger partial charge is 1.00 e. The molecule has 0 heterocycles. The molecule has 108 valence electrons. The number of carbonyl (C=O) groups excluding carboxylic acids is 1. The number of rotatable bonds is 6. The fourth-order valence-corrected chi connectivity index (χ4v) is 4.02. The third kappa shape index (κ3) is 7.56. The number of hydrogen-bond acceptors (Lipinski definition) is 7. The summed E-state index contributed by atoms with van der Waals surface area (Å²) in [4.78, 5) is 11.0. The van der Waals surface area contributed by atoms with Crippen molar-refractivity contribution in [3.8, 4) is 0 Å². The second kappa shape index (κ2) is 6.80. The molecule has 9 nitrogen and oxygen atoms in total. The van der Waals surface area contributed by atoms with Crippen LogP contribution in [-0.2, 0) is 25.0 Å². The van der Waals surface area contributed by atoms with E-state index < -0.39 is 43.2 Å². The SMILES string of the molecule is C[N+](C)(C)CC(C(C(N)=O)S(=O)(=O)[O-])S(=O)(=O)[O-].[Na+]. The van der Waals surface area contributed by atoms with Crippen LogP contribution < -0.4 is 35.3 Å². The maximum absolute atomic E-state index is 11.0. The van der Waals surface area contributed by atoms with E-state index in [9.17, 15) is 30.7 Å². The Bertz CT molecular complexity index is 522. The van der Waals surface area contributed by atoms with Crippen LogP contribution in [-0.4, -0.2) is 74.5 Å². The Hall–Kier alpha value is 0.250. The second-order valence-corrected chi connectivity index (χ2v) is 7.90. The van der Waals surface area contributed by atoms with Crippen LogP contribution in [0.15, 0.2) is 0 Å². The van der Waals surface area contributed by atoms with Crippen molar-refractivity contribution < 1.29 is 64.8 Å². The van der Waals surface area contributed by atoms with Crippen molar-refractivity contribution in [2.75, 3.05) is 27.7 Å². The van der Waals surface area contributed by atoms with E-state index >= 15 is 0 Å². The van der Waals surface area contributed by atoms with E-state index in [2.05, 4.69) is 0 Å². The molecule has 0 aromatic heterocycles. The molecule has 2 unspecified atom stereocenters. The minimum absolute atomic E-state index is 0. The summed E-state index contributed by atoms with van der Waals surface area (Å²) in [6.07, 6.45) is 0. The van der Waals surface area contributed by atoms with Gasteiger partial charge in [0, 0.05) is 0 Å². The summed E-state index contributed by atoms with van der Waals surface area (Å²) in [5, 5.41) is -4.80. The van der Waals surface area contributed by atoms with E-state index in [1.165, 1.54) is 21.1 Å². The van der Waals surface area contributed by atoms with Gasteiger partial charge < -0.3 is 19.3 Å². The summed E-state index contributed by atoms with van der Waals surface area (Å²) >= 11 is 0. The van der Waals surface area contributed by atoms with Gasteiger partial charge in [0.15, 0.2) is 0 Å². The van der Waals surface area contributed by atoms with E-state index in [0.29, 0.717) is 0 Å².